The molecule has 4 rings (SSSR count). The van der Waals surface area contributed by atoms with E-state index in [1.807, 2.05) is 37.3 Å². The number of nitrogens with zero attached hydrogens (tertiary/aromatic N) is 4. The van der Waals surface area contributed by atoms with Crippen LogP contribution in [-0.2, 0) is 14.5 Å². The highest BCUT2D eigenvalue weighted by molar-refractivity contribution is 7.84. The fourth-order valence-corrected chi connectivity index (χ4v) is 4.43. The Morgan fingerprint density at radius 2 is 2.06 bits per heavy atom. The standard InChI is InChI=1S/C22H26N6O4S/c1-15(17-5-3-2-4-6-17)28-10-9-20(27-28)21(29)19-12-24-14-25-22(19)26-18-8-7-16(11-18)13-32-33(23,30)31/h2-6,9-10,12,14-16,18H,7-8,11,13H2,1H3,(H2,23,30,31)(H,24,25,26)/t15?,16-,18+/m1/s1. The number of nitrogens with two attached hydrogens (primary N) is 1. The number of ketones is 1. The van der Waals surface area contributed by atoms with Gasteiger partial charge in [-0.15, -0.1) is 0 Å². The highest BCUT2D eigenvalue weighted by Gasteiger charge is 2.28. The number of carbonyl (C=O) groups is 1. The van der Waals surface area contributed by atoms with Crippen molar-refractivity contribution < 1.29 is 17.4 Å². The zero-order valence-corrected chi connectivity index (χ0v) is 19.0. The van der Waals surface area contributed by atoms with Gasteiger partial charge >= 0.3 is 10.3 Å². The number of hydrogen-bond acceptors (Lipinski definition) is 8. The normalized spacial score (nSPS) is 19.3. The number of carbonyl (C=O) groups excluding carboxylic acids is 1. The maximum atomic E-state index is 13.2. The third kappa shape index (κ3) is 5.81. The van der Waals surface area contributed by atoms with Gasteiger partial charge in [-0.2, -0.15) is 13.5 Å². The molecule has 3 N–H and O–H groups in total. The van der Waals surface area contributed by atoms with Gasteiger partial charge in [0.1, 0.15) is 17.8 Å². The fraction of sp³-hybridized carbons (Fsp3) is 0.364. The molecule has 3 atom stereocenters. The number of anilines is 1. The van der Waals surface area contributed by atoms with Crippen molar-refractivity contribution in [3.8, 4) is 0 Å². The number of aromatic nitrogens is 4. The van der Waals surface area contributed by atoms with Crippen LogP contribution >= 0.6 is 0 Å². The van der Waals surface area contributed by atoms with Gasteiger partial charge in [-0.3, -0.25) is 13.7 Å². The molecule has 0 radical (unpaired) electrons. The molecule has 1 fully saturated rings. The summed E-state index contributed by atoms with van der Waals surface area (Å²) in [5.41, 5.74) is 1.73. The summed E-state index contributed by atoms with van der Waals surface area (Å²) < 4.78 is 28.5. The lowest BCUT2D eigenvalue weighted by Gasteiger charge is -2.16. The van der Waals surface area contributed by atoms with Crippen molar-refractivity contribution in [1.29, 1.82) is 0 Å². The van der Waals surface area contributed by atoms with Crippen LogP contribution in [0.2, 0.25) is 0 Å². The summed E-state index contributed by atoms with van der Waals surface area (Å²) in [5, 5.41) is 12.7. The number of nitrogens with one attached hydrogen (secondary N) is 1. The highest BCUT2D eigenvalue weighted by Crippen LogP contribution is 2.29. The van der Waals surface area contributed by atoms with Crippen LogP contribution in [0.15, 0.2) is 55.1 Å². The minimum absolute atomic E-state index is 0.0210. The molecule has 0 bridgehead atoms. The molecule has 1 unspecified atom stereocenters. The smallest absolute Gasteiger partial charge is 0.333 e. The molecule has 1 aliphatic rings. The van der Waals surface area contributed by atoms with E-state index in [9.17, 15) is 13.2 Å². The molecule has 174 valence electrons. The maximum absolute atomic E-state index is 13.2. The van der Waals surface area contributed by atoms with Gasteiger partial charge in [0.05, 0.1) is 18.2 Å². The molecule has 3 aromatic rings. The lowest BCUT2D eigenvalue weighted by molar-refractivity contribution is 0.103. The number of rotatable bonds is 9. The van der Waals surface area contributed by atoms with Crippen molar-refractivity contribution in [1.82, 2.24) is 19.7 Å². The molecule has 0 saturated heterocycles. The van der Waals surface area contributed by atoms with E-state index in [2.05, 4.69) is 20.4 Å². The van der Waals surface area contributed by atoms with E-state index in [1.165, 1.54) is 12.5 Å². The van der Waals surface area contributed by atoms with Gasteiger partial charge in [0.25, 0.3) is 0 Å². The van der Waals surface area contributed by atoms with E-state index in [0.717, 1.165) is 18.4 Å². The van der Waals surface area contributed by atoms with E-state index in [-0.39, 0.29) is 30.4 Å². The average Bonchev–Trinajstić information content (AvgIpc) is 3.47. The van der Waals surface area contributed by atoms with Gasteiger partial charge in [0, 0.05) is 18.4 Å². The summed E-state index contributed by atoms with van der Waals surface area (Å²) in [6.07, 6.45) is 6.90. The summed E-state index contributed by atoms with van der Waals surface area (Å²) >= 11 is 0. The Hall–Kier alpha value is -3.15. The Balaban J connectivity index is 1.45. The SMILES string of the molecule is CC(c1ccccc1)n1ccc(C(=O)c2cncnc2N[C@H]2CC[C@@H](COS(N)(=O)=O)C2)n1. The number of benzene rings is 1. The lowest BCUT2D eigenvalue weighted by atomic mass is 10.1. The summed E-state index contributed by atoms with van der Waals surface area (Å²) in [4.78, 5) is 21.5. The van der Waals surface area contributed by atoms with E-state index in [1.54, 1.807) is 16.9 Å². The zero-order valence-electron chi connectivity index (χ0n) is 18.2. The van der Waals surface area contributed by atoms with Crippen LogP contribution in [-0.4, -0.2) is 46.6 Å². The van der Waals surface area contributed by atoms with Crippen LogP contribution < -0.4 is 10.5 Å². The van der Waals surface area contributed by atoms with Crippen LogP contribution in [0.5, 0.6) is 0 Å². The lowest BCUT2D eigenvalue weighted by Crippen LogP contribution is -2.22. The topological polar surface area (TPSA) is 142 Å². The van der Waals surface area contributed by atoms with Gasteiger partial charge in [0.2, 0.25) is 5.78 Å². The van der Waals surface area contributed by atoms with Gasteiger partial charge in [-0.05, 0) is 43.7 Å². The van der Waals surface area contributed by atoms with Crippen LogP contribution in [0.3, 0.4) is 0 Å². The Kier molecular flexibility index (Phi) is 6.82. The molecule has 1 aliphatic carbocycles. The minimum Gasteiger partial charge on any atom is -0.367 e. The molecule has 0 spiro atoms. The van der Waals surface area contributed by atoms with Crippen molar-refractivity contribution in [2.75, 3.05) is 11.9 Å². The van der Waals surface area contributed by atoms with E-state index >= 15 is 0 Å². The first-order valence-electron chi connectivity index (χ1n) is 10.7. The summed E-state index contributed by atoms with van der Waals surface area (Å²) in [5.74, 6) is 0.208. The third-order valence-electron chi connectivity index (χ3n) is 5.83. The van der Waals surface area contributed by atoms with Crippen LogP contribution in [0.4, 0.5) is 5.82 Å². The second-order valence-electron chi connectivity index (χ2n) is 8.18. The molecule has 11 heteroatoms. The highest BCUT2D eigenvalue weighted by atomic mass is 32.2. The molecule has 1 aromatic carbocycles. The molecule has 0 amide bonds. The third-order valence-corrected chi connectivity index (χ3v) is 6.29. The molecular formula is C22H26N6O4S. The van der Waals surface area contributed by atoms with Crippen LogP contribution in [0.25, 0.3) is 0 Å². The van der Waals surface area contributed by atoms with Crippen LogP contribution in [0, 0.1) is 5.92 Å². The quantitative estimate of drug-likeness (QED) is 0.454. The molecule has 1 saturated carbocycles. The summed E-state index contributed by atoms with van der Waals surface area (Å²) in [6, 6.07) is 11.6. The zero-order chi connectivity index (χ0) is 23.4. The Bertz CT molecular complexity index is 1210. The second kappa shape index (κ2) is 9.77. The predicted octanol–water partition coefficient (Wildman–Crippen LogP) is 2.31. The fourth-order valence-electron chi connectivity index (χ4n) is 4.05. The molecule has 0 aliphatic heterocycles. The Labute approximate surface area is 192 Å². The van der Waals surface area contributed by atoms with Gasteiger partial charge in [0.15, 0.2) is 0 Å². The first kappa shape index (κ1) is 23.0. The molecule has 2 heterocycles. The van der Waals surface area contributed by atoms with Gasteiger partial charge in [-0.25, -0.2) is 15.1 Å². The molecule has 10 nitrogen and oxygen atoms in total. The summed E-state index contributed by atoms with van der Waals surface area (Å²) in [6.45, 7) is 2.06. The monoisotopic (exact) mass is 470 g/mol. The second-order valence-corrected chi connectivity index (χ2v) is 9.40. The van der Waals surface area contributed by atoms with Crippen molar-refractivity contribution in [3.05, 3.63) is 71.9 Å². The predicted molar refractivity (Wildman–Crippen MR) is 122 cm³/mol. The van der Waals surface area contributed by atoms with Crippen molar-refractivity contribution in [3.63, 3.8) is 0 Å². The van der Waals surface area contributed by atoms with E-state index < -0.39 is 10.3 Å². The maximum Gasteiger partial charge on any atom is 0.333 e. The van der Waals surface area contributed by atoms with Crippen LogP contribution in [0.1, 0.15) is 53.8 Å². The minimum atomic E-state index is -3.95. The first-order chi connectivity index (χ1) is 15.8. The molecule has 33 heavy (non-hydrogen) atoms. The average molecular weight is 471 g/mol. The van der Waals surface area contributed by atoms with Crippen molar-refractivity contribution in [2.45, 2.75) is 38.3 Å². The van der Waals surface area contributed by atoms with Gasteiger partial charge < -0.3 is 5.32 Å². The molecule has 2 aromatic heterocycles. The number of hydrogen-bond donors (Lipinski definition) is 2. The first-order valence-corrected chi connectivity index (χ1v) is 12.2. The summed E-state index contributed by atoms with van der Waals surface area (Å²) in [7, 11) is -3.95. The van der Waals surface area contributed by atoms with E-state index in [0.29, 0.717) is 23.5 Å². The molecular weight excluding hydrogens is 444 g/mol. The van der Waals surface area contributed by atoms with Crippen molar-refractivity contribution in [2.24, 2.45) is 11.1 Å². The Morgan fingerprint density at radius 3 is 2.82 bits per heavy atom. The van der Waals surface area contributed by atoms with Crippen molar-refractivity contribution >= 4 is 21.9 Å². The largest absolute Gasteiger partial charge is 0.367 e. The van der Waals surface area contributed by atoms with E-state index in [4.69, 9.17) is 9.32 Å². The van der Waals surface area contributed by atoms with Gasteiger partial charge in [-0.1, -0.05) is 30.3 Å². The Morgan fingerprint density at radius 1 is 1.27 bits per heavy atom.